The van der Waals surface area contributed by atoms with E-state index in [0.717, 1.165) is 0 Å². The molecule has 0 spiro atoms. The average Bonchev–Trinajstić information content (AvgIpc) is 3.13. The first-order valence-corrected chi connectivity index (χ1v) is 10.2. The second-order valence-electron chi connectivity index (χ2n) is 7.72. The van der Waals surface area contributed by atoms with Crippen LogP contribution in [0.1, 0.15) is 10.4 Å². The first-order chi connectivity index (χ1) is 15.4. The predicted octanol–water partition coefficient (Wildman–Crippen LogP) is 1.49. The van der Waals surface area contributed by atoms with E-state index in [4.69, 9.17) is 11.5 Å². The smallest absolute Gasteiger partial charge is 0.314 e. The van der Waals surface area contributed by atoms with E-state index in [2.05, 4.69) is 15.0 Å². The van der Waals surface area contributed by atoms with Crippen molar-refractivity contribution in [3.8, 4) is 11.4 Å². The standard InChI is InChI=1S/C22H21N7O3/c23-17-13-11-12(21(31)28-7-9-29(10-8-28)22(24)32)5-6-14(13)25-18(17)19-20(30)27-16-4-2-1-3-15(16)26-19/h1-6,11,25H,7-10,23H2,(H2,24,32)(H,27,30). The zero-order valence-corrected chi connectivity index (χ0v) is 17.1. The van der Waals surface area contributed by atoms with Gasteiger partial charge in [-0.15, -0.1) is 0 Å². The Morgan fingerprint density at radius 3 is 2.41 bits per heavy atom. The third-order valence-corrected chi connectivity index (χ3v) is 5.80. The molecule has 5 rings (SSSR count). The lowest BCUT2D eigenvalue weighted by atomic mass is 10.1. The summed E-state index contributed by atoms with van der Waals surface area (Å²) >= 11 is 0. The Kier molecular flexibility index (Phi) is 4.54. The number of hydrogen-bond donors (Lipinski definition) is 4. The predicted molar refractivity (Wildman–Crippen MR) is 121 cm³/mol. The summed E-state index contributed by atoms with van der Waals surface area (Å²) in [5, 5.41) is 0.635. The zero-order valence-electron chi connectivity index (χ0n) is 17.1. The van der Waals surface area contributed by atoms with Crippen LogP contribution in [-0.4, -0.2) is 62.9 Å². The Labute approximate surface area is 181 Å². The number of nitrogen functional groups attached to an aromatic ring is 1. The van der Waals surface area contributed by atoms with E-state index in [0.29, 0.717) is 65.1 Å². The van der Waals surface area contributed by atoms with E-state index in [9.17, 15) is 14.4 Å². The van der Waals surface area contributed by atoms with Crippen molar-refractivity contribution in [2.45, 2.75) is 0 Å². The lowest BCUT2D eigenvalue weighted by Gasteiger charge is -2.33. The quantitative estimate of drug-likeness (QED) is 0.379. The molecule has 32 heavy (non-hydrogen) atoms. The molecule has 10 heteroatoms. The summed E-state index contributed by atoms with van der Waals surface area (Å²) in [6.45, 7) is 1.61. The van der Waals surface area contributed by atoms with Gasteiger partial charge < -0.3 is 31.2 Å². The van der Waals surface area contributed by atoms with Crippen LogP contribution in [0, 0.1) is 0 Å². The lowest BCUT2D eigenvalue weighted by molar-refractivity contribution is 0.0669. The molecule has 1 saturated heterocycles. The summed E-state index contributed by atoms with van der Waals surface area (Å²) in [6.07, 6.45) is 0. The van der Waals surface area contributed by atoms with Crippen molar-refractivity contribution in [2.24, 2.45) is 5.73 Å². The number of hydrogen-bond acceptors (Lipinski definition) is 5. The third-order valence-electron chi connectivity index (χ3n) is 5.80. The molecule has 0 atom stereocenters. The minimum Gasteiger partial charge on any atom is -0.396 e. The molecule has 0 bridgehead atoms. The maximum Gasteiger partial charge on any atom is 0.314 e. The van der Waals surface area contributed by atoms with E-state index in [1.54, 1.807) is 29.2 Å². The molecule has 6 N–H and O–H groups in total. The highest BCUT2D eigenvalue weighted by Gasteiger charge is 2.24. The van der Waals surface area contributed by atoms with E-state index >= 15 is 0 Å². The van der Waals surface area contributed by atoms with Crippen molar-refractivity contribution in [2.75, 3.05) is 31.9 Å². The molecule has 0 saturated carbocycles. The Morgan fingerprint density at radius 1 is 0.938 bits per heavy atom. The van der Waals surface area contributed by atoms with E-state index < -0.39 is 6.03 Å². The summed E-state index contributed by atoms with van der Waals surface area (Å²) < 4.78 is 0. The second-order valence-corrected chi connectivity index (χ2v) is 7.72. The highest BCUT2D eigenvalue weighted by Crippen LogP contribution is 2.31. The van der Waals surface area contributed by atoms with Gasteiger partial charge in [-0.3, -0.25) is 9.59 Å². The van der Waals surface area contributed by atoms with Crippen LogP contribution in [0.2, 0.25) is 0 Å². The number of H-pyrrole nitrogens is 2. The number of primary amides is 1. The fourth-order valence-electron chi connectivity index (χ4n) is 4.04. The van der Waals surface area contributed by atoms with Crippen molar-refractivity contribution < 1.29 is 9.59 Å². The minimum atomic E-state index is -0.483. The summed E-state index contributed by atoms with van der Waals surface area (Å²) in [5.41, 5.74) is 14.7. The summed E-state index contributed by atoms with van der Waals surface area (Å²) in [6, 6.07) is 12.0. The number of fused-ring (bicyclic) bond motifs is 2. The van der Waals surface area contributed by atoms with Gasteiger partial charge in [0.25, 0.3) is 11.5 Å². The number of aromatic nitrogens is 3. The van der Waals surface area contributed by atoms with E-state index in [1.807, 2.05) is 18.2 Å². The Morgan fingerprint density at radius 2 is 1.66 bits per heavy atom. The summed E-state index contributed by atoms with van der Waals surface area (Å²) in [5.74, 6) is -0.153. The minimum absolute atomic E-state index is 0.153. The molecule has 3 amide bonds. The van der Waals surface area contributed by atoms with Gasteiger partial charge in [0, 0.05) is 42.6 Å². The number of amides is 3. The highest BCUT2D eigenvalue weighted by atomic mass is 16.2. The van der Waals surface area contributed by atoms with Crippen LogP contribution in [0.25, 0.3) is 33.3 Å². The first-order valence-electron chi connectivity index (χ1n) is 10.2. The molecule has 1 aliphatic heterocycles. The summed E-state index contributed by atoms with van der Waals surface area (Å²) in [7, 11) is 0. The Bertz CT molecular complexity index is 1430. The van der Waals surface area contributed by atoms with Crippen LogP contribution in [0.15, 0.2) is 47.3 Å². The van der Waals surface area contributed by atoms with Gasteiger partial charge in [-0.05, 0) is 30.3 Å². The van der Waals surface area contributed by atoms with Crippen LogP contribution >= 0.6 is 0 Å². The van der Waals surface area contributed by atoms with Gasteiger partial charge in [-0.25, -0.2) is 9.78 Å². The lowest BCUT2D eigenvalue weighted by Crippen LogP contribution is -2.52. The van der Waals surface area contributed by atoms with E-state index in [-0.39, 0.29) is 17.2 Å². The molecule has 162 valence electrons. The molecule has 2 aromatic heterocycles. The molecule has 1 fully saturated rings. The number of rotatable bonds is 2. The molecule has 0 aliphatic carbocycles. The molecule has 3 heterocycles. The van der Waals surface area contributed by atoms with Crippen LogP contribution in [0.5, 0.6) is 0 Å². The van der Waals surface area contributed by atoms with Crippen LogP contribution < -0.4 is 17.0 Å². The second kappa shape index (κ2) is 7.41. The number of benzene rings is 2. The fourth-order valence-corrected chi connectivity index (χ4v) is 4.04. The average molecular weight is 431 g/mol. The van der Waals surface area contributed by atoms with Crippen molar-refractivity contribution in [1.82, 2.24) is 24.8 Å². The van der Waals surface area contributed by atoms with Crippen molar-refractivity contribution in [3.05, 3.63) is 58.4 Å². The normalized spacial score (nSPS) is 14.2. The van der Waals surface area contributed by atoms with E-state index in [1.165, 1.54) is 4.90 Å². The van der Waals surface area contributed by atoms with Gasteiger partial charge in [0.1, 0.15) is 0 Å². The number of nitrogens with zero attached hydrogens (tertiary/aromatic N) is 3. The number of nitrogens with one attached hydrogen (secondary N) is 2. The van der Waals surface area contributed by atoms with Crippen LogP contribution in [0.4, 0.5) is 10.5 Å². The van der Waals surface area contributed by atoms with Gasteiger partial charge in [0.15, 0.2) is 5.69 Å². The molecule has 1 aliphatic rings. The fraction of sp³-hybridized carbons (Fsp3) is 0.182. The zero-order chi connectivity index (χ0) is 22.4. The number of aromatic amines is 2. The number of urea groups is 1. The highest BCUT2D eigenvalue weighted by molar-refractivity contribution is 6.04. The van der Waals surface area contributed by atoms with Gasteiger partial charge >= 0.3 is 6.03 Å². The molecule has 0 unspecified atom stereocenters. The summed E-state index contributed by atoms with van der Waals surface area (Å²) in [4.78, 5) is 50.6. The van der Waals surface area contributed by atoms with Gasteiger partial charge in [0.2, 0.25) is 0 Å². The number of carbonyl (C=O) groups excluding carboxylic acids is 2. The number of anilines is 1. The van der Waals surface area contributed by atoms with Crippen LogP contribution in [0.3, 0.4) is 0 Å². The van der Waals surface area contributed by atoms with Crippen molar-refractivity contribution >= 4 is 39.6 Å². The van der Waals surface area contributed by atoms with Crippen molar-refractivity contribution in [1.29, 1.82) is 0 Å². The Balaban J connectivity index is 1.49. The van der Waals surface area contributed by atoms with Gasteiger partial charge in [-0.2, -0.15) is 0 Å². The number of piperazine rings is 1. The maximum atomic E-state index is 13.0. The van der Waals surface area contributed by atoms with Gasteiger partial charge in [-0.1, -0.05) is 12.1 Å². The topological polar surface area (TPSA) is 154 Å². The maximum absolute atomic E-state index is 13.0. The number of para-hydroxylation sites is 2. The molecular formula is C22H21N7O3. The van der Waals surface area contributed by atoms with Gasteiger partial charge in [0.05, 0.1) is 22.4 Å². The third kappa shape index (κ3) is 3.22. The van der Waals surface area contributed by atoms with Crippen LogP contribution in [-0.2, 0) is 0 Å². The molecule has 0 radical (unpaired) electrons. The largest absolute Gasteiger partial charge is 0.396 e. The number of carbonyl (C=O) groups is 2. The SMILES string of the molecule is NC(=O)N1CCN(C(=O)c2ccc3[nH]c(-c4nc5ccccc5[nH]c4=O)c(N)c3c2)CC1. The first kappa shape index (κ1) is 19.6. The molecule has 10 nitrogen and oxygen atoms in total. The monoisotopic (exact) mass is 431 g/mol. The molecule has 2 aromatic carbocycles. The molecular weight excluding hydrogens is 410 g/mol. The Hall–Kier alpha value is -4.34. The number of nitrogens with two attached hydrogens (primary N) is 2. The molecule has 4 aromatic rings. The van der Waals surface area contributed by atoms with Crippen molar-refractivity contribution in [3.63, 3.8) is 0 Å².